The molecule has 7 heteroatoms. The van der Waals surface area contributed by atoms with Crippen LogP contribution in [0.2, 0.25) is 0 Å². The van der Waals surface area contributed by atoms with Gasteiger partial charge >= 0.3 is 0 Å². The Morgan fingerprint density at radius 1 is 1.53 bits per heavy atom. The fourth-order valence-electron chi connectivity index (χ4n) is 1.25. The molecule has 0 saturated heterocycles. The molecule has 0 aliphatic heterocycles. The minimum atomic E-state index is -3.01. The molecule has 17 heavy (non-hydrogen) atoms. The lowest BCUT2D eigenvalue weighted by Crippen LogP contribution is -2.12. The zero-order chi connectivity index (χ0) is 12.4. The number of aryl methyl sites for hydroxylation is 1. The van der Waals surface area contributed by atoms with Gasteiger partial charge in [-0.15, -0.1) is 0 Å². The number of carbonyl (C=O) groups is 1. The van der Waals surface area contributed by atoms with Gasteiger partial charge in [-0.25, -0.2) is 8.78 Å². The van der Waals surface area contributed by atoms with E-state index >= 15 is 0 Å². The Bertz CT molecular complexity index is 536. The smallest absolute Gasteiger partial charge is 0.296 e. The van der Waals surface area contributed by atoms with Gasteiger partial charge in [0.1, 0.15) is 0 Å². The van der Waals surface area contributed by atoms with E-state index in [0.29, 0.717) is 5.82 Å². The molecule has 2 aromatic rings. The van der Waals surface area contributed by atoms with Crippen LogP contribution in [-0.4, -0.2) is 22.3 Å². The molecule has 0 atom stereocenters. The maximum atomic E-state index is 12.0. The van der Waals surface area contributed by atoms with E-state index in [1.54, 1.807) is 0 Å². The predicted molar refractivity (Wildman–Crippen MR) is 57.1 cm³/mol. The van der Waals surface area contributed by atoms with Gasteiger partial charge in [0.2, 0.25) is 17.5 Å². The summed E-state index contributed by atoms with van der Waals surface area (Å²) >= 11 is 1.48. The normalized spacial score (nSPS) is 11.1. The van der Waals surface area contributed by atoms with Crippen LogP contribution in [0.3, 0.4) is 0 Å². The summed E-state index contributed by atoms with van der Waals surface area (Å²) in [6.45, 7) is 1.88. The third kappa shape index (κ3) is 2.55. The van der Waals surface area contributed by atoms with Crippen LogP contribution < -0.4 is 0 Å². The summed E-state index contributed by atoms with van der Waals surface area (Å²) in [5.41, 5.74) is 1.76. The van der Waals surface area contributed by atoms with Crippen LogP contribution in [0, 0.1) is 6.92 Å². The predicted octanol–water partition coefficient (Wildman–Crippen LogP) is 2.48. The molecule has 0 bridgehead atoms. The fourth-order valence-corrected chi connectivity index (χ4v) is 2.08. The van der Waals surface area contributed by atoms with E-state index in [1.807, 2.05) is 17.7 Å². The molecule has 0 radical (unpaired) electrons. The second kappa shape index (κ2) is 4.70. The van der Waals surface area contributed by atoms with Gasteiger partial charge in [0.15, 0.2) is 0 Å². The average Bonchev–Trinajstić information content (AvgIpc) is 2.86. The van der Waals surface area contributed by atoms with Crippen molar-refractivity contribution in [3.63, 3.8) is 0 Å². The molecule has 0 aliphatic carbocycles. The summed E-state index contributed by atoms with van der Waals surface area (Å²) in [6.07, 6.45) is -3.54. The number of Topliss-reactive ketones (excluding diaryl/α,β-unsaturated/α-hetero) is 1. The Morgan fingerprint density at radius 3 is 2.88 bits per heavy atom. The second-order valence-corrected chi connectivity index (χ2v) is 4.17. The zero-order valence-corrected chi connectivity index (χ0v) is 9.63. The number of hydrogen-bond donors (Lipinski definition) is 0. The number of aromatic nitrogens is 2. The molecule has 2 heterocycles. The van der Waals surface area contributed by atoms with Gasteiger partial charge in [-0.1, -0.05) is 5.16 Å². The molecule has 0 aromatic carbocycles. The van der Waals surface area contributed by atoms with Gasteiger partial charge < -0.3 is 4.52 Å². The maximum Gasteiger partial charge on any atom is 0.296 e. The van der Waals surface area contributed by atoms with Crippen molar-refractivity contribution in [3.8, 4) is 11.4 Å². The zero-order valence-electron chi connectivity index (χ0n) is 8.81. The number of hydrogen-bond acceptors (Lipinski definition) is 5. The quantitative estimate of drug-likeness (QED) is 0.845. The first kappa shape index (κ1) is 11.8. The number of nitrogens with zero attached hydrogens (tertiary/aromatic N) is 2. The van der Waals surface area contributed by atoms with Crippen LogP contribution in [0.15, 0.2) is 15.3 Å². The summed E-state index contributed by atoms with van der Waals surface area (Å²) < 4.78 is 28.8. The average molecular weight is 258 g/mol. The first-order valence-corrected chi connectivity index (χ1v) is 5.69. The van der Waals surface area contributed by atoms with Crippen molar-refractivity contribution in [1.29, 1.82) is 0 Å². The van der Waals surface area contributed by atoms with Gasteiger partial charge in [-0.05, 0) is 17.9 Å². The summed E-state index contributed by atoms with van der Waals surface area (Å²) in [5, 5.41) is 7.40. The lowest BCUT2D eigenvalue weighted by Gasteiger charge is -1.92. The van der Waals surface area contributed by atoms with E-state index < -0.39 is 18.6 Å². The maximum absolute atomic E-state index is 12.0. The first-order valence-electron chi connectivity index (χ1n) is 4.74. The summed E-state index contributed by atoms with van der Waals surface area (Å²) in [7, 11) is 0. The van der Waals surface area contributed by atoms with Crippen LogP contribution in [0.5, 0.6) is 0 Å². The second-order valence-electron chi connectivity index (χ2n) is 3.42. The molecule has 0 aliphatic rings. The molecule has 2 aromatic heterocycles. The Morgan fingerprint density at radius 2 is 2.29 bits per heavy atom. The fraction of sp³-hybridized carbons (Fsp3) is 0.300. The van der Waals surface area contributed by atoms with Crippen molar-refractivity contribution in [2.24, 2.45) is 0 Å². The molecular formula is C10H8F2N2O2S. The number of ketones is 1. The van der Waals surface area contributed by atoms with Gasteiger partial charge in [0, 0.05) is 10.9 Å². The molecule has 0 amide bonds. The molecule has 90 valence electrons. The van der Waals surface area contributed by atoms with E-state index in [9.17, 15) is 13.6 Å². The van der Waals surface area contributed by atoms with Gasteiger partial charge in [-0.2, -0.15) is 16.3 Å². The molecule has 4 nitrogen and oxygen atoms in total. The van der Waals surface area contributed by atoms with Crippen molar-refractivity contribution in [3.05, 3.63) is 22.2 Å². The minimum Gasteiger partial charge on any atom is -0.338 e. The van der Waals surface area contributed by atoms with Gasteiger partial charge in [0.05, 0.1) is 6.42 Å². The lowest BCUT2D eigenvalue weighted by molar-refractivity contribution is -0.129. The van der Waals surface area contributed by atoms with Crippen molar-refractivity contribution in [2.45, 2.75) is 19.8 Å². The standard InChI is InChI=1S/C10H8F2N2O2S/c1-5-3-17-4-6(5)10-13-8(16-14-10)2-7(15)9(11)12/h3-4,9H,2H2,1H3. The number of rotatable bonds is 4. The third-order valence-corrected chi connectivity index (χ3v) is 2.99. The van der Waals surface area contributed by atoms with E-state index in [-0.39, 0.29) is 5.89 Å². The van der Waals surface area contributed by atoms with E-state index in [1.165, 1.54) is 11.3 Å². The van der Waals surface area contributed by atoms with Crippen LogP contribution in [-0.2, 0) is 11.2 Å². The Hall–Kier alpha value is -1.63. The van der Waals surface area contributed by atoms with Crippen molar-refractivity contribution in [2.75, 3.05) is 0 Å². The minimum absolute atomic E-state index is 0.0871. The third-order valence-electron chi connectivity index (χ3n) is 2.13. The number of thiophene rings is 1. The lowest BCUT2D eigenvalue weighted by atomic mass is 10.2. The van der Waals surface area contributed by atoms with Gasteiger partial charge in [0.25, 0.3) is 6.43 Å². The molecule has 2 rings (SSSR count). The largest absolute Gasteiger partial charge is 0.338 e. The first-order chi connectivity index (χ1) is 8.08. The molecule has 0 N–H and O–H groups in total. The van der Waals surface area contributed by atoms with Crippen molar-refractivity contribution < 1.29 is 18.1 Å². The van der Waals surface area contributed by atoms with E-state index in [0.717, 1.165) is 11.1 Å². The monoisotopic (exact) mass is 258 g/mol. The molecular weight excluding hydrogens is 250 g/mol. The van der Waals surface area contributed by atoms with Crippen LogP contribution in [0.4, 0.5) is 8.78 Å². The highest BCUT2D eigenvalue weighted by atomic mass is 32.1. The summed E-state index contributed by atoms with van der Waals surface area (Å²) in [4.78, 5) is 14.7. The molecule has 0 saturated carbocycles. The number of carbonyl (C=O) groups excluding carboxylic acids is 1. The Labute approximate surface area is 99.3 Å². The molecule has 0 unspecified atom stereocenters. The highest BCUT2D eigenvalue weighted by Gasteiger charge is 2.20. The number of halogens is 2. The number of alkyl halides is 2. The highest BCUT2D eigenvalue weighted by Crippen LogP contribution is 2.24. The van der Waals surface area contributed by atoms with Crippen LogP contribution >= 0.6 is 11.3 Å². The SMILES string of the molecule is Cc1cscc1-c1noc(CC(=O)C(F)F)n1. The molecule has 0 spiro atoms. The van der Waals surface area contributed by atoms with Gasteiger partial charge in [-0.3, -0.25) is 4.79 Å². The van der Waals surface area contributed by atoms with Crippen LogP contribution in [0.1, 0.15) is 11.5 Å². The topological polar surface area (TPSA) is 56.0 Å². The van der Waals surface area contributed by atoms with E-state index in [4.69, 9.17) is 4.52 Å². The van der Waals surface area contributed by atoms with Crippen LogP contribution in [0.25, 0.3) is 11.4 Å². The molecule has 0 fully saturated rings. The Kier molecular flexibility index (Phi) is 3.28. The summed E-state index contributed by atoms with van der Waals surface area (Å²) in [6, 6.07) is 0. The van der Waals surface area contributed by atoms with E-state index in [2.05, 4.69) is 10.1 Å². The Balaban J connectivity index is 2.17. The summed E-state index contributed by atoms with van der Waals surface area (Å²) in [5.74, 6) is -0.987. The highest BCUT2D eigenvalue weighted by molar-refractivity contribution is 7.08. The van der Waals surface area contributed by atoms with Crippen molar-refractivity contribution in [1.82, 2.24) is 10.1 Å². The van der Waals surface area contributed by atoms with Crippen molar-refractivity contribution >= 4 is 17.1 Å².